The number of benzene rings is 1. The van der Waals surface area contributed by atoms with E-state index in [1.807, 2.05) is 30.3 Å². The molecule has 1 amide bonds. The monoisotopic (exact) mass is 232 g/mol. The van der Waals surface area contributed by atoms with Crippen LogP contribution in [0.15, 0.2) is 30.3 Å². The zero-order chi connectivity index (χ0) is 11.7. The summed E-state index contributed by atoms with van der Waals surface area (Å²) in [6.07, 6.45) is 1.44. The number of alkyl carbamates (subject to hydrolysis) is 1. The highest BCUT2D eigenvalue weighted by molar-refractivity contribution is 5.71. The molecule has 1 unspecified atom stereocenters. The second-order valence-corrected chi connectivity index (χ2v) is 4.69. The molecule has 0 saturated carbocycles. The number of hydrogen-bond donors (Lipinski definition) is 2. The summed E-state index contributed by atoms with van der Waals surface area (Å²) >= 11 is 0. The van der Waals surface area contributed by atoms with Gasteiger partial charge in [0.2, 0.25) is 0 Å². The maximum Gasteiger partial charge on any atom is 0.408 e. The summed E-state index contributed by atoms with van der Waals surface area (Å²) in [6.45, 7) is 1.80. The number of hydrogen-bond acceptors (Lipinski definition) is 3. The molecular formula is C13H16N2O2. The van der Waals surface area contributed by atoms with Crippen LogP contribution in [0.25, 0.3) is 0 Å². The third kappa shape index (κ3) is 1.78. The Morgan fingerprint density at radius 3 is 2.59 bits per heavy atom. The molecule has 2 heterocycles. The summed E-state index contributed by atoms with van der Waals surface area (Å²) in [7, 11) is 0. The number of nitrogens with one attached hydrogen (secondary N) is 2. The molecule has 1 atom stereocenters. The summed E-state index contributed by atoms with van der Waals surface area (Å²) in [6, 6.07) is 10.0. The van der Waals surface area contributed by atoms with Crippen molar-refractivity contribution in [2.45, 2.75) is 24.5 Å². The minimum atomic E-state index is -0.357. The lowest BCUT2D eigenvalue weighted by atomic mass is 9.82. The second kappa shape index (κ2) is 4.04. The van der Waals surface area contributed by atoms with Crippen LogP contribution in [0.1, 0.15) is 24.4 Å². The number of piperidine rings is 1. The third-order valence-electron chi connectivity index (χ3n) is 3.67. The van der Waals surface area contributed by atoms with Crippen LogP contribution in [0.4, 0.5) is 4.79 Å². The van der Waals surface area contributed by atoms with E-state index in [9.17, 15) is 4.79 Å². The van der Waals surface area contributed by atoms with Crippen molar-refractivity contribution in [2.75, 3.05) is 13.1 Å². The Morgan fingerprint density at radius 2 is 1.88 bits per heavy atom. The van der Waals surface area contributed by atoms with Crippen molar-refractivity contribution in [3.63, 3.8) is 0 Å². The molecule has 4 nitrogen and oxygen atoms in total. The number of amides is 1. The van der Waals surface area contributed by atoms with E-state index in [1.165, 1.54) is 0 Å². The first-order valence-electron chi connectivity index (χ1n) is 6.05. The van der Waals surface area contributed by atoms with Crippen molar-refractivity contribution >= 4 is 6.09 Å². The summed E-state index contributed by atoms with van der Waals surface area (Å²) in [5.41, 5.74) is 0.768. The van der Waals surface area contributed by atoms with Crippen molar-refractivity contribution in [1.82, 2.24) is 10.6 Å². The predicted molar refractivity (Wildman–Crippen MR) is 63.6 cm³/mol. The van der Waals surface area contributed by atoms with E-state index >= 15 is 0 Å². The lowest BCUT2D eigenvalue weighted by Gasteiger charge is -2.36. The van der Waals surface area contributed by atoms with Crippen molar-refractivity contribution in [3.05, 3.63) is 35.9 Å². The van der Waals surface area contributed by atoms with Crippen LogP contribution in [0.5, 0.6) is 0 Å². The number of ether oxygens (including phenoxy) is 1. The van der Waals surface area contributed by atoms with E-state index < -0.39 is 0 Å². The molecular weight excluding hydrogens is 216 g/mol. The standard InChI is InChI=1S/C13H16N2O2/c16-12-15-11(10-4-2-1-3-5-10)13(17-12)6-8-14-9-7-13/h1-5,11,14H,6-9H2,(H,15,16). The van der Waals surface area contributed by atoms with Gasteiger partial charge in [-0.25, -0.2) is 4.79 Å². The highest BCUT2D eigenvalue weighted by Gasteiger charge is 2.50. The molecule has 3 rings (SSSR count). The molecule has 2 saturated heterocycles. The summed E-state index contributed by atoms with van der Waals surface area (Å²) in [5, 5.41) is 6.25. The Bertz CT molecular complexity index is 413. The molecule has 90 valence electrons. The average molecular weight is 232 g/mol. The van der Waals surface area contributed by atoms with Crippen molar-refractivity contribution in [2.24, 2.45) is 0 Å². The van der Waals surface area contributed by atoms with Crippen LogP contribution in [0.3, 0.4) is 0 Å². The van der Waals surface area contributed by atoms with Gasteiger partial charge in [0.1, 0.15) is 5.60 Å². The molecule has 2 aliphatic heterocycles. The van der Waals surface area contributed by atoms with E-state index in [4.69, 9.17) is 4.74 Å². The zero-order valence-corrected chi connectivity index (χ0v) is 9.61. The van der Waals surface area contributed by atoms with Gasteiger partial charge in [0.15, 0.2) is 0 Å². The lowest BCUT2D eigenvalue weighted by molar-refractivity contribution is 0.00973. The summed E-state index contributed by atoms with van der Waals surface area (Å²) < 4.78 is 5.57. The first kappa shape index (κ1) is 10.6. The molecule has 0 bridgehead atoms. The topological polar surface area (TPSA) is 50.4 Å². The summed E-state index contributed by atoms with van der Waals surface area (Å²) in [5.74, 6) is 0. The van der Waals surface area contributed by atoms with Gasteiger partial charge in [-0.1, -0.05) is 30.3 Å². The first-order chi connectivity index (χ1) is 8.30. The van der Waals surface area contributed by atoms with Gasteiger partial charge < -0.3 is 15.4 Å². The molecule has 2 N–H and O–H groups in total. The molecule has 0 radical (unpaired) electrons. The van der Waals surface area contributed by atoms with Gasteiger partial charge in [-0.3, -0.25) is 0 Å². The number of carbonyl (C=O) groups excluding carboxylic acids is 1. The predicted octanol–water partition coefficient (Wildman–Crippen LogP) is 1.59. The molecule has 1 spiro atoms. The second-order valence-electron chi connectivity index (χ2n) is 4.69. The van der Waals surface area contributed by atoms with Crippen molar-refractivity contribution < 1.29 is 9.53 Å². The molecule has 1 aromatic rings. The van der Waals surface area contributed by atoms with Crippen LogP contribution >= 0.6 is 0 Å². The SMILES string of the molecule is O=C1NC(c2ccccc2)C2(CCNCC2)O1. The first-order valence-corrected chi connectivity index (χ1v) is 6.05. The van der Waals surface area contributed by atoms with E-state index in [0.717, 1.165) is 31.5 Å². The van der Waals surface area contributed by atoms with Gasteiger partial charge in [0.25, 0.3) is 0 Å². The lowest BCUT2D eigenvalue weighted by Crippen LogP contribution is -2.46. The fourth-order valence-electron chi connectivity index (χ4n) is 2.80. The van der Waals surface area contributed by atoms with E-state index in [2.05, 4.69) is 10.6 Å². The largest absolute Gasteiger partial charge is 0.440 e. The van der Waals surface area contributed by atoms with Gasteiger partial charge in [0.05, 0.1) is 6.04 Å². The molecule has 0 aromatic heterocycles. The third-order valence-corrected chi connectivity index (χ3v) is 3.67. The molecule has 1 aromatic carbocycles. The number of carbonyl (C=O) groups is 1. The van der Waals surface area contributed by atoms with E-state index in [1.54, 1.807) is 0 Å². The van der Waals surface area contributed by atoms with Crippen LogP contribution in [0.2, 0.25) is 0 Å². The fraction of sp³-hybridized carbons (Fsp3) is 0.462. The highest BCUT2D eigenvalue weighted by atomic mass is 16.6. The Kier molecular flexibility index (Phi) is 2.52. The van der Waals surface area contributed by atoms with Crippen molar-refractivity contribution in [1.29, 1.82) is 0 Å². The molecule has 2 aliphatic rings. The van der Waals surface area contributed by atoms with Crippen LogP contribution in [0, 0.1) is 0 Å². The van der Waals surface area contributed by atoms with Crippen LogP contribution in [-0.2, 0) is 4.74 Å². The van der Waals surface area contributed by atoms with E-state index in [-0.39, 0.29) is 17.7 Å². The molecule has 0 aliphatic carbocycles. The van der Waals surface area contributed by atoms with Gasteiger partial charge in [0, 0.05) is 12.8 Å². The Balaban J connectivity index is 1.94. The van der Waals surface area contributed by atoms with Gasteiger partial charge >= 0.3 is 6.09 Å². The molecule has 4 heteroatoms. The smallest absolute Gasteiger partial charge is 0.408 e. The highest BCUT2D eigenvalue weighted by Crippen LogP contribution is 2.40. The van der Waals surface area contributed by atoms with Crippen LogP contribution in [-0.4, -0.2) is 24.8 Å². The van der Waals surface area contributed by atoms with Crippen LogP contribution < -0.4 is 10.6 Å². The summed E-state index contributed by atoms with van der Waals surface area (Å²) in [4.78, 5) is 11.5. The minimum absolute atomic E-state index is 0.0155. The fourth-order valence-corrected chi connectivity index (χ4v) is 2.80. The maximum atomic E-state index is 11.5. The van der Waals surface area contributed by atoms with Gasteiger partial charge in [-0.2, -0.15) is 0 Å². The Hall–Kier alpha value is -1.55. The van der Waals surface area contributed by atoms with Crippen molar-refractivity contribution in [3.8, 4) is 0 Å². The Morgan fingerprint density at radius 1 is 1.18 bits per heavy atom. The minimum Gasteiger partial charge on any atom is -0.440 e. The normalized spacial score (nSPS) is 26.6. The van der Waals surface area contributed by atoms with E-state index in [0.29, 0.717) is 0 Å². The molecule has 17 heavy (non-hydrogen) atoms. The zero-order valence-electron chi connectivity index (χ0n) is 9.61. The average Bonchev–Trinajstić information content (AvgIpc) is 2.68. The quantitative estimate of drug-likeness (QED) is 0.773. The Labute approximate surface area is 100 Å². The molecule has 2 fully saturated rings. The number of rotatable bonds is 1. The maximum absolute atomic E-state index is 11.5. The van der Waals surface area contributed by atoms with Gasteiger partial charge in [-0.15, -0.1) is 0 Å². The van der Waals surface area contributed by atoms with Gasteiger partial charge in [-0.05, 0) is 18.7 Å².